The molecule has 0 radical (unpaired) electrons. The molecule has 136 valence electrons. The first-order valence-electron chi connectivity index (χ1n) is 7.87. The molecule has 0 unspecified atom stereocenters. The molecule has 27 heavy (non-hydrogen) atoms. The summed E-state index contributed by atoms with van der Waals surface area (Å²) in [7, 11) is 0. The van der Waals surface area contributed by atoms with E-state index in [1.165, 1.54) is 18.3 Å². The summed E-state index contributed by atoms with van der Waals surface area (Å²) in [5, 5.41) is 19.4. The lowest BCUT2D eigenvalue weighted by Crippen LogP contribution is -2.18. The summed E-state index contributed by atoms with van der Waals surface area (Å²) in [4.78, 5) is 22.3. The zero-order chi connectivity index (χ0) is 19.2. The maximum atomic E-state index is 12.1. The summed E-state index contributed by atoms with van der Waals surface area (Å²) in [6.07, 6.45) is 3.15. The van der Waals surface area contributed by atoms with Crippen molar-refractivity contribution in [3.63, 3.8) is 0 Å². The SMILES string of the molecule is O=C(NN=Cc1ccc(Cl)cc1)c1ccn(Cc2ccc([N+](=O)[O-])cc2)n1. The van der Waals surface area contributed by atoms with Crippen LogP contribution >= 0.6 is 11.6 Å². The van der Waals surface area contributed by atoms with Crippen molar-refractivity contribution < 1.29 is 9.72 Å². The van der Waals surface area contributed by atoms with E-state index >= 15 is 0 Å². The third kappa shape index (κ3) is 4.99. The number of hydrazone groups is 1. The molecule has 0 bridgehead atoms. The van der Waals surface area contributed by atoms with Crippen LogP contribution in [0.4, 0.5) is 5.69 Å². The van der Waals surface area contributed by atoms with Crippen LogP contribution in [0, 0.1) is 10.1 Å². The minimum atomic E-state index is -0.454. The van der Waals surface area contributed by atoms with Gasteiger partial charge < -0.3 is 0 Å². The highest BCUT2D eigenvalue weighted by atomic mass is 35.5. The Bertz CT molecular complexity index is 981. The second-order valence-electron chi connectivity index (χ2n) is 5.57. The molecule has 0 spiro atoms. The van der Waals surface area contributed by atoms with Crippen molar-refractivity contribution in [1.29, 1.82) is 0 Å². The summed E-state index contributed by atoms with van der Waals surface area (Å²) < 4.78 is 1.57. The van der Waals surface area contributed by atoms with Crippen molar-refractivity contribution in [3.05, 3.63) is 92.8 Å². The van der Waals surface area contributed by atoms with Gasteiger partial charge in [0, 0.05) is 23.4 Å². The normalized spacial score (nSPS) is 10.9. The minimum absolute atomic E-state index is 0.0258. The van der Waals surface area contributed by atoms with E-state index in [0.717, 1.165) is 11.1 Å². The van der Waals surface area contributed by atoms with Crippen LogP contribution in [-0.2, 0) is 6.54 Å². The quantitative estimate of drug-likeness (QED) is 0.401. The number of amides is 1. The molecule has 0 fully saturated rings. The first-order chi connectivity index (χ1) is 13.0. The molecule has 1 amide bonds. The van der Waals surface area contributed by atoms with Gasteiger partial charge in [-0.1, -0.05) is 35.9 Å². The van der Waals surface area contributed by atoms with Gasteiger partial charge in [0.05, 0.1) is 17.7 Å². The number of hydrogen-bond acceptors (Lipinski definition) is 5. The number of rotatable bonds is 6. The maximum Gasteiger partial charge on any atom is 0.291 e. The zero-order valence-corrected chi connectivity index (χ0v) is 14.7. The molecule has 1 aromatic heterocycles. The van der Waals surface area contributed by atoms with Gasteiger partial charge in [0.1, 0.15) is 0 Å². The van der Waals surface area contributed by atoms with E-state index in [-0.39, 0.29) is 11.4 Å². The lowest BCUT2D eigenvalue weighted by molar-refractivity contribution is -0.384. The van der Waals surface area contributed by atoms with Crippen LogP contribution in [0.5, 0.6) is 0 Å². The first-order valence-corrected chi connectivity index (χ1v) is 8.25. The number of nitrogens with zero attached hydrogens (tertiary/aromatic N) is 4. The molecule has 0 aliphatic heterocycles. The first kappa shape index (κ1) is 18.3. The van der Waals surface area contributed by atoms with E-state index in [9.17, 15) is 14.9 Å². The summed E-state index contributed by atoms with van der Waals surface area (Å²) >= 11 is 5.80. The fourth-order valence-electron chi connectivity index (χ4n) is 2.25. The largest absolute Gasteiger partial charge is 0.291 e. The second kappa shape index (κ2) is 8.24. The number of nitrogens with one attached hydrogen (secondary N) is 1. The molecular weight excluding hydrogens is 370 g/mol. The average Bonchev–Trinajstić information content (AvgIpc) is 3.12. The van der Waals surface area contributed by atoms with Crippen LogP contribution in [0.3, 0.4) is 0 Å². The van der Waals surface area contributed by atoms with Crippen molar-refractivity contribution in [2.45, 2.75) is 6.54 Å². The Labute approximate surface area is 159 Å². The predicted octanol–water partition coefficient (Wildman–Crippen LogP) is 3.26. The van der Waals surface area contributed by atoms with Gasteiger partial charge in [-0.25, -0.2) is 5.43 Å². The highest BCUT2D eigenvalue weighted by Crippen LogP contribution is 2.13. The standard InChI is InChI=1S/C18H14ClN5O3/c19-15-5-1-13(2-6-15)11-20-21-18(25)17-9-10-23(22-17)12-14-3-7-16(8-4-14)24(26)27/h1-11H,12H2,(H,21,25). The van der Waals surface area contributed by atoms with Gasteiger partial charge in [0.15, 0.2) is 5.69 Å². The Morgan fingerprint density at radius 1 is 1.19 bits per heavy atom. The fourth-order valence-corrected chi connectivity index (χ4v) is 2.38. The van der Waals surface area contributed by atoms with E-state index < -0.39 is 10.8 Å². The molecule has 0 atom stereocenters. The number of carbonyl (C=O) groups is 1. The van der Waals surface area contributed by atoms with Gasteiger partial charge in [-0.2, -0.15) is 10.2 Å². The fraction of sp³-hybridized carbons (Fsp3) is 0.0556. The zero-order valence-electron chi connectivity index (χ0n) is 13.9. The summed E-state index contributed by atoms with van der Waals surface area (Å²) in [5.41, 5.74) is 4.27. The maximum absolute atomic E-state index is 12.1. The molecule has 0 saturated carbocycles. The van der Waals surface area contributed by atoms with Crippen molar-refractivity contribution in [3.8, 4) is 0 Å². The van der Waals surface area contributed by atoms with Gasteiger partial charge >= 0.3 is 0 Å². The van der Waals surface area contributed by atoms with Gasteiger partial charge in [-0.05, 0) is 29.3 Å². The molecule has 3 aromatic rings. The van der Waals surface area contributed by atoms with E-state index in [1.54, 1.807) is 53.3 Å². The second-order valence-corrected chi connectivity index (χ2v) is 6.01. The Morgan fingerprint density at radius 3 is 2.56 bits per heavy atom. The lowest BCUT2D eigenvalue weighted by Gasteiger charge is -2.01. The number of aromatic nitrogens is 2. The number of non-ortho nitro benzene ring substituents is 1. The number of nitro benzene ring substituents is 1. The minimum Gasteiger partial charge on any atom is -0.268 e. The van der Waals surface area contributed by atoms with Crippen LogP contribution in [0.1, 0.15) is 21.6 Å². The van der Waals surface area contributed by atoms with Crippen molar-refractivity contribution in [1.82, 2.24) is 15.2 Å². The number of halogens is 1. The van der Waals surface area contributed by atoms with E-state index in [4.69, 9.17) is 11.6 Å². The van der Waals surface area contributed by atoms with Crippen molar-refractivity contribution >= 4 is 29.4 Å². The third-order valence-corrected chi connectivity index (χ3v) is 3.87. The predicted molar refractivity (Wildman–Crippen MR) is 101 cm³/mol. The highest BCUT2D eigenvalue weighted by molar-refractivity contribution is 6.30. The molecular formula is C18H14ClN5O3. The van der Waals surface area contributed by atoms with Gasteiger partial charge in [-0.15, -0.1) is 0 Å². The van der Waals surface area contributed by atoms with Gasteiger partial charge in [-0.3, -0.25) is 19.6 Å². The van der Waals surface area contributed by atoms with Crippen LogP contribution in [0.25, 0.3) is 0 Å². The molecule has 2 aromatic carbocycles. The van der Waals surface area contributed by atoms with Crippen molar-refractivity contribution in [2.24, 2.45) is 5.10 Å². The van der Waals surface area contributed by atoms with E-state index in [0.29, 0.717) is 11.6 Å². The number of nitro groups is 1. The van der Waals surface area contributed by atoms with Crippen LogP contribution in [0.15, 0.2) is 65.9 Å². The summed E-state index contributed by atoms with van der Waals surface area (Å²) in [6.45, 7) is 0.388. The monoisotopic (exact) mass is 383 g/mol. The van der Waals surface area contributed by atoms with Crippen LogP contribution in [0.2, 0.25) is 5.02 Å². The summed E-state index contributed by atoms with van der Waals surface area (Å²) in [5.74, 6) is -0.442. The van der Waals surface area contributed by atoms with E-state index in [2.05, 4.69) is 15.6 Å². The number of benzene rings is 2. The molecule has 3 rings (SSSR count). The average molecular weight is 384 g/mol. The molecule has 8 nitrogen and oxygen atoms in total. The van der Waals surface area contributed by atoms with Crippen molar-refractivity contribution in [2.75, 3.05) is 0 Å². The lowest BCUT2D eigenvalue weighted by atomic mass is 10.2. The Balaban J connectivity index is 1.58. The van der Waals surface area contributed by atoms with Crippen LogP contribution in [-0.4, -0.2) is 26.8 Å². The molecule has 0 aliphatic rings. The topological polar surface area (TPSA) is 102 Å². The van der Waals surface area contributed by atoms with Gasteiger partial charge in [0.2, 0.25) is 0 Å². The Morgan fingerprint density at radius 2 is 1.89 bits per heavy atom. The van der Waals surface area contributed by atoms with Gasteiger partial charge in [0.25, 0.3) is 11.6 Å². The molecule has 1 heterocycles. The molecule has 0 aliphatic carbocycles. The summed E-state index contributed by atoms with van der Waals surface area (Å²) in [6, 6.07) is 14.7. The Kier molecular flexibility index (Phi) is 5.58. The molecule has 9 heteroatoms. The smallest absolute Gasteiger partial charge is 0.268 e. The molecule has 1 N–H and O–H groups in total. The number of carbonyl (C=O) groups excluding carboxylic acids is 1. The number of hydrogen-bond donors (Lipinski definition) is 1. The highest BCUT2D eigenvalue weighted by Gasteiger charge is 2.09. The molecule has 0 saturated heterocycles. The van der Waals surface area contributed by atoms with E-state index in [1.807, 2.05) is 0 Å². The van der Waals surface area contributed by atoms with Crippen LogP contribution < -0.4 is 5.43 Å². The third-order valence-electron chi connectivity index (χ3n) is 3.61. The Hall–Kier alpha value is -3.52.